The molecule has 0 saturated heterocycles. The third-order valence-electron chi connectivity index (χ3n) is 6.76. The summed E-state index contributed by atoms with van der Waals surface area (Å²) in [5.41, 5.74) is 1.40. The van der Waals surface area contributed by atoms with E-state index in [2.05, 4.69) is 51.1 Å². The molecule has 0 aliphatic heterocycles. The number of benzene rings is 1. The van der Waals surface area contributed by atoms with Crippen molar-refractivity contribution in [3.05, 3.63) is 35.9 Å². The van der Waals surface area contributed by atoms with Crippen LogP contribution in [0.5, 0.6) is 0 Å². The van der Waals surface area contributed by atoms with Gasteiger partial charge in [-0.3, -0.25) is 0 Å². The van der Waals surface area contributed by atoms with Gasteiger partial charge in [0.25, 0.3) is 0 Å². The lowest BCUT2D eigenvalue weighted by Crippen LogP contribution is -2.41. The lowest BCUT2D eigenvalue weighted by molar-refractivity contribution is 0.164. The van der Waals surface area contributed by atoms with Gasteiger partial charge in [0.05, 0.1) is 0 Å². The smallest absolute Gasteiger partial charge is 0.337 e. The molecule has 0 spiro atoms. The van der Waals surface area contributed by atoms with E-state index < -0.39 is 8.56 Å². The molecule has 1 aromatic carbocycles. The number of hydrogen-bond acceptors (Lipinski definition) is 2. The van der Waals surface area contributed by atoms with Crippen molar-refractivity contribution >= 4 is 8.56 Å². The second-order valence-corrected chi connectivity index (χ2v) is 13.3. The van der Waals surface area contributed by atoms with E-state index in [-0.39, 0.29) is 0 Å². The van der Waals surface area contributed by atoms with Crippen molar-refractivity contribution in [3.63, 3.8) is 0 Å². The molecule has 0 saturated carbocycles. The lowest BCUT2D eigenvalue weighted by Gasteiger charge is -2.29. The third kappa shape index (κ3) is 15.2. The maximum absolute atomic E-state index is 6.40. The highest BCUT2D eigenvalue weighted by Gasteiger charge is 2.33. The first-order valence-corrected chi connectivity index (χ1v) is 16.3. The number of unbranched alkanes of at least 4 members (excludes halogenated alkanes) is 13. The summed E-state index contributed by atoms with van der Waals surface area (Å²) >= 11 is 0. The zero-order chi connectivity index (χ0) is 23.2. The Morgan fingerprint density at radius 1 is 0.531 bits per heavy atom. The Morgan fingerprint density at radius 2 is 0.969 bits per heavy atom. The Morgan fingerprint density at radius 3 is 1.44 bits per heavy atom. The highest BCUT2D eigenvalue weighted by molar-refractivity contribution is 6.67. The Kier molecular flexibility index (Phi) is 19.2. The molecule has 186 valence electrons. The SMILES string of the molecule is CCCCCCCCCCCCCCCCO[Si](CC)(CC)OCCCc1ccccc1. The summed E-state index contributed by atoms with van der Waals surface area (Å²) in [6, 6.07) is 12.9. The first-order valence-electron chi connectivity index (χ1n) is 14.1. The maximum Gasteiger partial charge on any atom is 0.337 e. The van der Waals surface area contributed by atoms with Gasteiger partial charge in [0.2, 0.25) is 0 Å². The molecule has 0 heterocycles. The van der Waals surface area contributed by atoms with Crippen LogP contribution in [-0.2, 0) is 15.3 Å². The average Bonchev–Trinajstić information content (AvgIpc) is 2.83. The highest BCUT2D eigenvalue weighted by Crippen LogP contribution is 2.20. The fraction of sp³-hybridized carbons (Fsp3) is 0.793. The predicted octanol–water partition coefficient (Wildman–Crippen LogP) is 9.62. The second kappa shape index (κ2) is 20.9. The molecule has 0 unspecified atom stereocenters. The van der Waals surface area contributed by atoms with E-state index >= 15 is 0 Å². The summed E-state index contributed by atoms with van der Waals surface area (Å²) in [5, 5.41) is 0. The topological polar surface area (TPSA) is 18.5 Å². The van der Waals surface area contributed by atoms with Gasteiger partial charge in [-0.1, -0.05) is 135 Å². The van der Waals surface area contributed by atoms with Crippen LogP contribution in [-0.4, -0.2) is 21.8 Å². The first-order chi connectivity index (χ1) is 15.8. The van der Waals surface area contributed by atoms with Gasteiger partial charge in [-0.15, -0.1) is 0 Å². The normalized spacial score (nSPS) is 11.8. The largest absolute Gasteiger partial charge is 0.394 e. The third-order valence-corrected chi connectivity index (χ3v) is 10.4. The van der Waals surface area contributed by atoms with E-state index in [4.69, 9.17) is 8.85 Å². The van der Waals surface area contributed by atoms with E-state index in [1.54, 1.807) is 0 Å². The minimum atomic E-state index is -1.99. The van der Waals surface area contributed by atoms with Crippen molar-refractivity contribution in [1.82, 2.24) is 0 Å². The minimum Gasteiger partial charge on any atom is -0.394 e. The predicted molar refractivity (Wildman–Crippen MR) is 144 cm³/mol. The van der Waals surface area contributed by atoms with E-state index in [0.29, 0.717) is 0 Å². The zero-order valence-electron chi connectivity index (χ0n) is 21.8. The van der Waals surface area contributed by atoms with Gasteiger partial charge in [0.15, 0.2) is 0 Å². The molecule has 0 aliphatic rings. The molecular formula is C29H54O2Si. The van der Waals surface area contributed by atoms with E-state index in [1.165, 1.54) is 95.5 Å². The van der Waals surface area contributed by atoms with Gasteiger partial charge in [-0.05, 0) is 36.9 Å². The molecule has 0 bridgehead atoms. The standard InChI is InChI=1S/C29H54O2Si/c1-4-7-8-9-10-11-12-13-14-15-16-17-18-22-27-30-32(5-2,6-3)31-28-23-26-29-24-20-19-21-25-29/h19-21,24-25H,4-18,22-23,26-28H2,1-3H3. The molecule has 1 rings (SSSR count). The molecule has 0 N–H and O–H groups in total. The molecule has 0 aromatic heterocycles. The Hall–Kier alpha value is -0.643. The van der Waals surface area contributed by atoms with E-state index in [9.17, 15) is 0 Å². The summed E-state index contributed by atoms with van der Waals surface area (Å²) in [4.78, 5) is 0. The second-order valence-electron chi connectivity index (χ2n) is 9.50. The summed E-state index contributed by atoms with van der Waals surface area (Å²) in [6.07, 6.45) is 21.8. The van der Waals surface area contributed by atoms with Crippen LogP contribution < -0.4 is 0 Å². The summed E-state index contributed by atoms with van der Waals surface area (Å²) in [5.74, 6) is 0. The van der Waals surface area contributed by atoms with Crippen molar-refractivity contribution in [2.24, 2.45) is 0 Å². The van der Waals surface area contributed by atoms with Gasteiger partial charge >= 0.3 is 8.56 Å². The quantitative estimate of drug-likeness (QED) is 0.119. The Labute approximate surface area is 202 Å². The fourth-order valence-electron chi connectivity index (χ4n) is 4.43. The zero-order valence-corrected chi connectivity index (χ0v) is 22.8. The van der Waals surface area contributed by atoms with Crippen LogP contribution in [0.2, 0.25) is 12.1 Å². The molecule has 0 radical (unpaired) electrons. The van der Waals surface area contributed by atoms with E-state index in [1.807, 2.05) is 0 Å². The van der Waals surface area contributed by atoms with Crippen molar-refractivity contribution in [3.8, 4) is 0 Å². The molecule has 32 heavy (non-hydrogen) atoms. The van der Waals surface area contributed by atoms with Crippen LogP contribution in [0, 0.1) is 0 Å². The van der Waals surface area contributed by atoms with Gasteiger partial charge in [-0.25, -0.2) is 0 Å². The molecule has 3 heteroatoms. The monoisotopic (exact) mass is 462 g/mol. The molecule has 1 aromatic rings. The summed E-state index contributed by atoms with van der Waals surface area (Å²) < 4.78 is 12.8. The van der Waals surface area contributed by atoms with Crippen LogP contribution in [0.25, 0.3) is 0 Å². The van der Waals surface area contributed by atoms with Crippen molar-refractivity contribution < 1.29 is 8.85 Å². The van der Waals surface area contributed by atoms with Crippen LogP contribution >= 0.6 is 0 Å². The molecule has 0 atom stereocenters. The van der Waals surface area contributed by atoms with Crippen molar-refractivity contribution in [2.45, 2.75) is 136 Å². The summed E-state index contributed by atoms with van der Waals surface area (Å²) in [7, 11) is -1.99. The van der Waals surface area contributed by atoms with Crippen molar-refractivity contribution in [2.75, 3.05) is 13.2 Å². The van der Waals surface area contributed by atoms with Crippen LogP contribution in [0.4, 0.5) is 0 Å². The highest BCUT2D eigenvalue weighted by atomic mass is 28.4. The maximum atomic E-state index is 6.40. The van der Waals surface area contributed by atoms with E-state index in [0.717, 1.165) is 38.1 Å². The van der Waals surface area contributed by atoms with Gasteiger partial charge < -0.3 is 8.85 Å². The lowest BCUT2D eigenvalue weighted by atomic mass is 10.0. The molecule has 0 aliphatic carbocycles. The first kappa shape index (κ1) is 29.4. The fourth-order valence-corrected chi connectivity index (χ4v) is 6.87. The number of hydrogen-bond donors (Lipinski definition) is 0. The molecule has 0 fully saturated rings. The average molecular weight is 463 g/mol. The number of aryl methyl sites for hydroxylation is 1. The Bertz CT molecular complexity index is 501. The molecule has 0 amide bonds. The van der Waals surface area contributed by atoms with Gasteiger partial charge in [-0.2, -0.15) is 0 Å². The van der Waals surface area contributed by atoms with Gasteiger partial charge in [0, 0.05) is 13.2 Å². The van der Waals surface area contributed by atoms with Crippen molar-refractivity contribution in [1.29, 1.82) is 0 Å². The van der Waals surface area contributed by atoms with Gasteiger partial charge in [0.1, 0.15) is 0 Å². The molecular weight excluding hydrogens is 408 g/mol. The number of rotatable bonds is 23. The van der Waals surface area contributed by atoms with Crippen LogP contribution in [0.15, 0.2) is 30.3 Å². The van der Waals surface area contributed by atoms with Crippen LogP contribution in [0.1, 0.15) is 123 Å². The van der Waals surface area contributed by atoms with Crippen LogP contribution in [0.3, 0.4) is 0 Å². The minimum absolute atomic E-state index is 0.835. The summed E-state index contributed by atoms with van der Waals surface area (Å²) in [6.45, 7) is 8.52. The Balaban J connectivity index is 1.97. The molecule has 2 nitrogen and oxygen atoms in total.